The van der Waals surface area contributed by atoms with Crippen LogP contribution in [0.25, 0.3) is 0 Å². The van der Waals surface area contributed by atoms with E-state index in [0.717, 1.165) is 5.82 Å². The van der Waals surface area contributed by atoms with E-state index in [-0.39, 0.29) is 0 Å². The smallest absolute Gasteiger partial charge is 0.223 e. The minimum absolute atomic E-state index is 0.542. The molecule has 0 atom stereocenters. The number of ether oxygens (including phenoxy) is 1. The Morgan fingerprint density at radius 1 is 1.28 bits per heavy atom. The largest absolute Gasteiger partial charge is 0.481 e. The number of methoxy groups -OCH3 is 1. The van der Waals surface area contributed by atoms with E-state index in [1.54, 1.807) is 20.1 Å². The fourth-order valence-electron chi connectivity index (χ4n) is 1.48. The van der Waals surface area contributed by atoms with Crippen molar-refractivity contribution in [3.05, 3.63) is 23.6 Å². The number of hydrogen-bond acceptors (Lipinski definition) is 7. The predicted molar refractivity (Wildman–Crippen MR) is 64.5 cm³/mol. The van der Waals surface area contributed by atoms with E-state index in [1.165, 1.54) is 0 Å². The molecular weight excluding hydrogens is 234 g/mol. The molecule has 0 aliphatic heterocycles. The van der Waals surface area contributed by atoms with Gasteiger partial charge in [0, 0.05) is 26.0 Å². The summed E-state index contributed by atoms with van der Waals surface area (Å²) >= 11 is 0. The summed E-state index contributed by atoms with van der Waals surface area (Å²) in [6.45, 7) is 4.25. The Kier molecular flexibility index (Phi) is 3.71. The zero-order valence-electron chi connectivity index (χ0n) is 10.6. The molecule has 7 nitrogen and oxygen atoms in total. The zero-order chi connectivity index (χ0) is 13.0. The summed E-state index contributed by atoms with van der Waals surface area (Å²) in [5, 5.41) is 6.98. The standard InChI is InChI=1S/C11H15N5O2/c1-7-13-10(6-11(14-7)17-3)12-5-4-9-15-8(2)18-16-9/h6H,4-5H2,1-3H3,(H,12,13,14). The lowest BCUT2D eigenvalue weighted by Gasteiger charge is -2.06. The topological polar surface area (TPSA) is 86.0 Å². The molecule has 0 radical (unpaired) electrons. The maximum absolute atomic E-state index is 5.07. The molecule has 2 heterocycles. The van der Waals surface area contributed by atoms with Gasteiger partial charge < -0.3 is 14.6 Å². The van der Waals surface area contributed by atoms with Crippen molar-refractivity contribution in [1.82, 2.24) is 20.1 Å². The van der Waals surface area contributed by atoms with Crippen molar-refractivity contribution in [3.63, 3.8) is 0 Å². The summed E-state index contributed by atoms with van der Waals surface area (Å²) < 4.78 is 9.96. The second-order valence-electron chi connectivity index (χ2n) is 3.75. The first-order valence-corrected chi connectivity index (χ1v) is 5.60. The Hall–Kier alpha value is -2.18. The van der Waals surface area contributed by atoms with Gasteiger partial charge in [-0.3, -0.25) is 0 Å². The van der Waals surface area contributed by atoms with Gasteiger partial charge in [-0.1, -0.05) is 5.16 Å². The summed E-state index contributed by atoms with van der Waals surface area (Å²) in [5.41, 5.74) is 0. The second-order valence-corrected chi connectivity index (χ2v) is 3.75. The van der Waals surface area contributed by atoms with Gasteiger partial charge in [0.25, 0.3) is 0 Å². The lowest BCUT2D eigenvalue weighted by atomic mass is 10.4. The van der Waals surface area contributed by atoms with E-state index in [2.05, 4.69) is 25.4 Å². The molecular formula is C11H15N5O2. The third-order valence-electron chi connectivity index (χ3n) is 2.25. The van der Waals surface area contributed by atoms with Gasteiger partial charge in [0.1, 0.15) is 11.6 Å². The van der Waals surface area contributed by atoms with E-state index in [9.17, 15) is 0 Å². The Labute approximate surface area is 105 Å². The van der Waals surface area contributed by atoms with Gasteiger partial charge in [-0.2, -0.15) is 9.97 Å². The number of nitrogens with zero attached hydrogens (tertiary/aromatic N) is 4. The molecule has 0 aliphatic carbocycles. The van der Waals surface area contributed by atoms with Gasteiger partial charge in [0.05, 0.1) is 7.11 Å². The van der Waals surface area contributed by atoms with Crippen LogP contribution in [0.1, 0.15) is 17.5 Å². The van der Waals surface area contributed by atoms with Gasteiger partial charge in [-0.25, -0.2) is 4.98 Å². The van der Waals surface area contributed by atoms with E-state index in [4.69, 9.17) is 9.26 Å². The van der Waals surface area contributed by atoms with Crippen LogP contribution in [0.15, 0.2) is 10.6 Å². The molecule has 0 bridgehead atoms. The molecule has 0 unspecified atom stereocenters. The van der Waals surface area contributed by atoms with Crippen LogP contribution >= 0.6 is 0 Å². The first-order chi connectivity index (χ1) is 8.67. The maximum Gasteiger partial charge on any atom is 0.223 e. The first kappa shape index (κ1) is 12.3. The number of aromatic nitrogens is 4. The Bertz CT molecular complexity index is 526. The minimum Gasteiger partial charge on any atom is -0.481 e. The van der Waals surface area contributed by atoms with Crippen molar-refractivity contribution in [2.75, 3.05) is 19.0 Å². The zero-order valence-corrected chi connectivity index (χ0v) is 10.6. The van der Waals surface area contributed by atoms with Crippen LogP contribution in [0.2, 0.25) is 0 Å². The molecule has 0 saturated heterocycles. The molecule has 0 aromatic carbocycles. The van der Waals surface area contributed by atoms with E-state index in [0.29, 0.717) is 36.4 Å². The van der Waals surface area contributed by atoms with Crippen LogP contribution in [0.4, 0.5) is 5.82 Å². The maximum atomic E-state index is 5.07. The average molecular weight is 249 g/mol. The lowest BCUT2D eigenvalue weighted by Crippen LogP contribution is -2.08. The highest BCUT2D eigenvalue weighted by atomic mass is 16.5. The van der Waals surface area contributed by atoms with Crippen LogP contribution in [-0.4, -0.2) is 33.8 Å². The summed E-state index contributed by atoms with van der Waals surface area (Å²) in [6.07, 6.45) is 0.669. The number of hydrogen-bond donors (Lipinski definition) is 1. The molecule has 7 heteroatoms. The van der Waals surface area contributed by atoms with E-state index in [1.807, 2.05) is 6.92 Å². The molecule has 0 spiro atoms. The van der Waals surface area contributed by atoms with Gasteiger partial charge in [0.15, 0.2) is 5.82 Å². The fourth-order valence-corrected chi connectivity index (χ4v) is 1.48. The predicted octanol–water partition coefficient (Wildman–Crippen LogP) is 1.14. The fraction of sp³-hybridized carbons (Fsp3) is 0.455. The molecule has 96 valence electrons. The molecule has 0 amide bonds. The number of rotatable bonds is 5. The summed E-state index contributed by atoms with van der Waals surface area (Å²) in [4.78, 5) is 12.5. The third-order valence-corrected chi connectivity index (χ3v) is 2.25. The van der Waals surface area contributed by atoms with Crippen molar-refractivity contribution in [3.8, 4) is 5.88 Å². The van der Waals surface area contributed by atoms with Gasteiger partial charge in [0.2, 0.25) is 11.8 Å². The number of nitrogens with one attached hydrogen (secondary N) is 1. The van der Waals surface area contributed by atoms with Gasteiger partial charge in [-0.05, 0) is 6.92 Å². The Balaban J connectivity index is 1.91. The third kappa shape index (κ3) is 3.16. The normalized spacial score (nSPS) is 10.4. The average Bonchev–Trinajstić information content (AvgIpc) is 2.74. The minimum atomic E-state index is 0.542. The van der Waals surface area contributed by atoms with Crippen LogP contribution in [0.5, 0.6) is 5.88 Å². The van der Waals surface area contributed by atoms with Gasteiger partial charge in [-0.15, -0.1) is 0 Å². The van der Waals surface area contributed by atoms with Crippen LogP contribution in [0, 0.1) is 13.8 Å². The number of aryl methyl sites for hydroxylation is 2. The second kappa shape index (κ2) is 5.44. The van der Waals surface area contributed by atoms with Crippen LogP contribution in [0.3, 0.4) is 0 Å². The quantitative estimate of drug-likeness (QED) is 0.850. The van der Waals surface area contributed by atoms with Crippen LogP contribution in [-0.2, 0) is 6.42 Å². The molecule has 0 saturated carbocycles. The van der Waals surface area contributed by atoms with Crippen molar-refractivity contribution in [2.45, 2.75) is 20.3 Å². The Morgan fingerprint density at radius 2 is 2.11 bits per heavy atom. The molecule has 0 fully saturated rings. The van der Waals surface area contributed by atoms with Crippen molar-refractivity contribution >= 4 is 5.82 Å². The molecule has 1 N–H and O–H groups in total. The molecule has 0 aliphatic rings. The SMILES string of the molecule is COc1cc(NCCc2noc(C)n2)nc(C)n1. The first-order valence-electron chi connectivity index (χ1n) is 5.60. The van der Waals surface area contributed by atoms with E-state index >= 15 is 0 Å². The number of anilines is 1. The van der Waals surface area contributed by atoms with Crippen LogP contribution < -0.4 is 10.1 Å². The summed E-state index contributed by atoms with van der Waals surface area (Å²) in [5.74, 6) is 3.18. The highest BCUT2D eigenvalue weighted by Gasteiger charge is 2.04. The molecule has 2 aromatic heterocycles. The lowest BCUT2D eigenvalue weighted by molar-refractivity contribution is 0.387. The Morgan fingerprint density at radius 3 is 2.78 bits per heavy atom. The summed E-state index contributed by atoms with van der Waals surface area (Å²) in [7, 11) is 1.58. The highest BCUT2D eigenvalue weighted by Crippen LogP contribution is 2.12. The van der Waals surface area contributed by atoms with Crippen molar-refractivity contribution in [1.29, 1.82) is 0 Å². The van der Waals surface area contributed by atoms with Crippen molar-refractivity contribution in [2.24, 2.45) is 0 Å². The van der Waals surface area contributed by atoms with E-state index < -0.39 is 0 Å². The van der Waals surface area contributed by atoms with Crippen molar-refractivity contribution < 1.29 is 9.26 Å². The molecule has 18 heavy (non-hydrogen) atoms. The van der Waals surface area contributed by atoms with Gasteiger partial charge >= 0.3 is 0 Å². The monoisotopic (exact) mass is 249 g/mol. The summed E-state index contributed by atoms with van der Waals surface area (Å²) in [6, 6.07) is 1.74. The molecule has 2 rings (SSSR count). The molecule has 2 aromatic rings. The highest BCUT2D eigenvalue weighted by molar-refractivity contribution is 5.38.